The van der Waals surface area contributed by atoms with E-state index in [0.717, 1.165) is 43.4 Å². The highest BCUT2D eigenvalue weighted by molar-refractivity contribution is 5.91. The van der Waals surface area contributed by atoms with E-state index in [1.807, 2.05) is 17.3 Å². The summed E-state index contributed by atoms with van der Waals surface area (Å²) in [4.78, 5) is 31.8. The summed E-state index contributed by atoms with van der Waals surface area (Å²) in [6.45, 7) is 4.88. The van der Waals surface area contributed by atoms with Crippen molar-refractivity contribution in [2.24, 2.45) is 11.3 Å². The van der Waals surface area contributed by atoms with E-state index in [0.29, 0.717) is 19.5 Å². The van der Waals surface area contributed by atoms with Crippen molar-refractivity contribution in [1.82, 2.24) is 25.2 Å². The number of carbonyl (C=O) groups excluding carboxylic acids is 2. The summed E-state index contributed by atoms with van der Waals surface area (Å²) in [5.74, 6) is -1.05. The maximum atomic E-state index is 13.2. The van der Waals surface area contributed by atoms with Crippen molar-refractivity contribution in [3.8, 4) is 0 Å². The molecule has 0 unspecified atom stereocenters. The summed E-state index contributed by atoms with van der Waals surface area (Å²) in [6, 6.07) is 5.74. The highest BCUT2D eigenvalue weighted by atomic mass is 16.5. The van der Waals surface area contributed by atoms with Crippen molar-refractivity contribution >= 4 is 28.4 Å². The van der Waals surface area contributed by atoms with Crippen LogP contribution in [0.4, 0.5) is 0 Å². The van der Waals surface area contributed by atoms with E-state index in [2.05, 4.69) is 40.0 Å². The van der Waals surface area contributed by atoms with Gasteiger partial charge in [0.25, 0.3) is 0 Å². The molecule has 31 heavy (non-hydrogen) atoms. The number of piperidine rings is 1. The Bertz CT molecular complexity index is 1050. The number of hydroxylamine groups is 1. The number of benzene rings is 1. The number of hydrogen-bond acceptors (Lipinski definition) is 5. The molecule has 2 aliphatic heterocycles. The van der Waals surface area contributed by atoms with Gasteiger partial charge in [-0.15, -0.1) is 0 Å². The third kappa shape index (κ3) is 3.64. The predicted molar refractivity (Wildman–Crippen MR) is 116 cm³/mol. The van der Waals surface area contributed by atoms with Gasteiger partial charge in [-0.05, 0) is 61.3 Å². The minimum Gasteiger partial charge on any atom is -0.337 e. The first kappa shape index (κ1) is 20.2. The van der Waals surface area contributed by atoms with Crippen molar-refractivity contribution < 1.29 is 14.8 Å². The van der Waals surface area contributed by atoms with Gasteiger partial charge in [-0.1, -0.05) is 12.1 Å². The number of nitrogens with one attached hydrogen (secondary N) is 2. The van der Waals surface area contributed by atoms with E-state index in [9.17, 15) is 14.8 Å². The standard InChI is InChI=1S/C23H29N5O3/c1-2-27-14-25-18-4-3-16(11-19(18)27)15-5-9-28(10-6-15)22(30)20-17(21(29)26-31)12-23(7-8-23)13-24-20/h3-5,11,14,17,20,24,31H,2,6-10,12-13H2,1H3,(H,26,29)/t17-,20-/m0/s1. The van der Waals surface area contributed by atoms with Crippen molar-refractivity contribution in [1.29, 1.82) is 0 Å². The van der Waals surface area contributed by atoms with E-state index in [1.54, 1.807) is 5.48 Å². The first-order valence-corrected chi connectivity index (χ1v) is 11.1. The Morgan fingerprint density at radius 2 is 2.19 bits per heavy atom. The topological polar surface area (TPSA) is 99.5 Å². The molecule has 1 aliphatic carbocycles. The Morgan fingerprint density at radius 3 is 2.87 bits per heavy atom. The normalized spacial score (nSPS) is 24.8. The third-order valence-electron chi connectivity index (χ3n) is 7.28. The van der Waals surface area contributed by atoms with Crippen LogP contribution < -0.4 is 10.8 Å². The van der Waals surface area contributed by atoms with Gasteiger partial charge in [0.1, 0.15) is 0 Å². The van der Waals surface area contributed by atoms with Gasteiger partial charge < -0.3 is 14.8 Å². The number of hydrogen-bond donors (Lipinski definition) is 3. The van der Waals surface area contributed by atoms with Gasteiger partial charge in [0.15, 0.2) is 0 Å². The Kier molecular flexibility index (Phi) is 5.06. The number of carbonyl (C=O) groups is 2. The van der Waals surface area contributed by atoms with Gasteiger partial charge in [0.05, 0.1) is 29.3 Å². The number of amides is 2. The zero-order chi connectivity index (χ0) is 21.6. The van der Waals surface area contributed by atoms with E-state index in [4.69, 9.17) is 0 Å². The number of fused-ring (bicyclic) bond motifs is 1. The van der Waals surface area contributed by atoms with Crippen molar-refractivity contribution in [3.05, 3.63) is 36.2 Å². The molecule has 0 radical (unpaired) electrons. The molecule has 2 fully saturated rings. The van der Waals surface area contributed by atoms with E-state index in [1.165, 1.54) is 11.1 Å². The Morgan fingerprint density at radius 1 is 1.35 bits per heavy atom. The second-order valence-electron chi connectivity index (χ2n) is 9.14. The fourth-order valence-electron chi connectivity index (χ4n) is 5.11. The smallest absolute Gasteiger partial charge is 0.248 e. The largest absolute Gasteiger partial charge is 0.337 e. The lowest BCUT2D eigenvalue weighted by molar-refractivity contribution is -0.144. The minimum absolute atomic E-state index is 0.0566. The molecule has 8 nitrogen and oxygen atoms in total. The first-order valence-electron chi connectivity index (χ1n) is 11.1. The zero-order valence-corrected chi connectivity index (χ0v) is 17.8. The summed E-state index contributed by atoms with van der Waals surface area (Å²) in [6.07, 6.45) is 7.56. The van der Waals surface area contributed by atoms with Gasteiger partial charge >= 0.3 is 0 Å². The SMILES string of the molecule is CCn1cnc2ccc(C3=CCN(C(=O)[C@H]4NCC5(CC5)C[C@@H]4C(=O)NO)CC3)cc21. The molecule has 0 bridgehead atoms. The van der Waals surface area contributed by atoms with Crippen LogP contribution in [-0.4, -0.2) is 57.1 Å². The first-order chi connectivity index (χ1) is 15.0. The highest BCUT2D eigenvalue weighted by Crippen LogP contribution is 2.52. The lowest BCUT2D eigenvalue weighted by Crippen LogP contribution is -2.59. The Hall–Kier alpha value is -2.71. The maximum absolute atomic E-state index is 13.2. The molecule has 1 saturated carbocycles. The van der Waals surface area contributed by atoms with Crippen LogP contribution in [0.25, 0.3) is 16.6 Å². The molecular weight excluding hydrogens is 394 g/mol. The van der Waals surface area contributed by atoms with Crippen LogP contribution in [0.1, 0.15) is 38.2 Å². The molecule has 3 aliphatic rings. The molecule has 1 saturated heterocycles. The second kappa shape index (κ2) is 7.76. The number of rotatable bonds is 4. The van der Waals surface area contributed by atoms with Crippen LogP contribution in [0.2, 0.25) is 0 Å². The highest BCUT2D eigenvalue weighted by Gasteiger charge is 2.52. The predicted octanol–water partition coefficient (Wildman–Crippen LogP) is 1.94. The fourth-order valence-corrected chi connectivity index (χ4v) is 5.11. The van der Waals surface area contributed by atoms with Crippen molar-refractivity contribution in [3.63, 3.8) is 0 Å². The van der Waals surface area contributed by atoms with Crippen molar-refractivity contribution in [2.45, 2.75) is 45.2 Å². The Balaban J connectivity index is 1.31. The summed E-state index contributed by atoms with van der Waals surface area (Å²) in [5, 5.41) is 12.5. The van der Waals surface area contributed by atoms with Gasteiger partial charge in [-0.25, -0.2) is 10.5 Å². The van der Waals surface area contributed by atoms with Crippen LogP contribution in [0.15, 0.2) is 30.6 Å². The molecule has 5 rings (SSSR count). The second-order valence-corrected chi connectivity index (χ2v) is 9.14. The fraction of sp³-hybridized carbons (Fsp3) is 0.522. The molecule has 164 valence electrons. The molecule has 2 atom stereocenters. The van der Waals surface area contributed by atoms with Crippen LogP contribution in [0.5, 0.6) is 0 Å². The number of nitrogens with zero attached hydrogens (tertiary/aromatic N) is 3. The average Bonchev–Trinajstić information content (AvgIpc) is 3.43. The molecule has 8 heteroatoms. The van der Waals surface area contributed by atoms with Gasteiger partial charge in [0, 0.05) is 26.2 Å². The minimum atomic E-state index is -0.580. The number of imidazole rings is 1. The Labute approximate surface area is 181 Å². The zero-order valence-electron chi connectivity index (χ0n) is 17.8. The van der Waals surface area contributed by atoms with Crippen LogP contribution >= 0.6 is 0 Å². The molecule has 3 heterocycles. The summed E-state index contributed by atoms with van der Waals surface area (Å²) >= 11 is 0. The number of aryl methyl sites for hydroxylation is 1. The van der Waals surface area contributed by atoms with E-state index < -0.39 is 17.9 Å². The van der Waals surface area contributed by atoms with Gasteiger partial charge in [-0.3, -0.25) is 14.8 Å². The molecule has 1 spiro atoms. The van der Waals surface area contributed by atoms with E-state index >= 15 is 0 Å². The van der Waals surface area contributed by atoms with Crippen LogP contribution in [0.3, 0.4) is 0 Å². The van der Waals surface area contributed by atoms with Crippen LogP contribution in [0, 0.1) is 11.3 Å². The number of aromatic nitrogens is 2. The summed E-state index contributed by atoms with van der Waals surface area (Å²) < 4.78 is 2.13. The van der Waals surface area contributed by atoms with Crippen molar-refractivity contribution in [2.75, 3.05) is 19.6 Å². The van der Waals surface area contributed by atoms with E-state index in [-0.39, 0.29) is 11.3 Å². The quantitative estimate of drug-likeness (QED) is 0.516. The summed E-state index contributed by atoms with van der Waals surface area (Å²) in [5.41, 5.74) is 6.41. The molecular formula is C23H29N5O3. The molecule has 3 N–H and O–H groups in total. The summed E-state index contributed by atoms with van der Waals surface area (Å²) in [7, 11) is 0. The van der Waals surface area contributed by atoms with Gasteiger partial charge in [0.2, 0.25) is 11.8 Å². The maximum Gasteiger partial charge on any atom is 0.248 e. The average molecular weight is 424 g/mol. The third-order valence-corrected chi connectivity index (χ3v) is 7.28. The monoisotopic (exact) mass is 423 g/mol. The van der Waals surface area contributed by atoms with Crippen LogP contribution in [-0.2, 0) is 16.1 Å². The van der Waals surface area contributed by atoms with Gasteiger partial charge in [-0.2, -0.15) is 0 Å². The molecule has 1 aromatic heterocycles. The molecule has 1 aromatic carbocycles. The lowest BCUT2D eigenvalue weighted by atomic mass is 9.81. The lowest BCUT2D eigenvalue weighted by Gasteiger charge is -2.38. The molecule has 2 aromatic rings. The molecule has 2 amide bonds.